The summed E-state index contributed by atoms with van der Waals surface area (Å²) in [6.07, 6.45) is 25.1. The van der Waals surface area contributed by atoms with Gasteiger partial charge in [-0.2, -0.15) is 13.0 Å². The molecule has 0 spiro atoms. The van der Waals surface area contributed by atoms with Gasteiger partial charge in [-0.3, -0.25) is 9.35 Å². The first-order chi connectivity index (χ1) is 29.7. The summed E-state index contributed by atoms with van der Waals surface area (Å²) in [5.74, 6) is -0.762. The molecule has 328 valence electrons. The van der Waals surface area contributed by atoms with Gasteiger partial charge < -0.3 is 14.8 Å². The van der Waals surface area contributed by atoms with Crippen molar-refractivity contribution in [2.24, 2.45) is 0 Å². The second-order valence-corrected chi connectivity index (χ2v) is 19.4. The number of carboxylic acids is 1. The molecule has 4 aromatic carbocycles. The number of allylic oxidation sites excluding steroid dienone is 8. The number of rotatable bonds is 23. The maximum absolute atomic E-state index is 11.6. The molecule has 0 amide bonds. The van der Waals surface area contributed by atoms with Gasteiger partial charge in [-0.25, -0.2) is 0 Å². The number of unbranched alkanes of at least 4 members (excludes halogenated alkanes) is 7. The lowest BCUT2D eigenvalue weighted by atomic mass is 9.75. The molecule has 2 heterocycles. The van der Waals surface area contributed by atoms with Crippen molar-refractivity contribution in [3.8, 4) is 0 Å². The fraction of sp³-hybridized carbons (Fsp3) is 0.415. The number of carbonyl (C=O) groups excluding carboxylic acids is 1. The highest BCUT2D eigenvalue weighted by molar-refractivity contribution is 7.85. The number of Topliss-reactive ketones (excluding diaryl/α,β-unsaturated/α-hetero) is 1. The number of anilines is 1. The highest BCUT2D eigenvalue weighted by Gasteiger charge is 2.46. The Balaban J connectivity index is 1.27. The van der Waals surface area contributed by atoms with Crippen LogP contribution in [0.3, 0.4) is 0 Å². The zero-order valence-electron chi connectivity index (χ0n) is 37.1. The van der Waals surface area contributed by atoms with Crippen LogP contribution in [0.4, 0.5) is 11.4 Å². The Morgan fingerprint density at radius 3 is 2.02 bits per heavy atom. The van der Waals surface area contributed by atoms with Gasteiger partial charge in [-0.1, -0.05) is 111 Å². The lowest BCUT2D eigenvalue weighted by molar-refractivity contribution is -0.438. The van der Waals surface area contributed by atoms with Gasteiger partial charge in [-0.05, 0) is 112 Å². The van der Waals surface area contributed by atoms with E-state index in [9.17, 15) is 22.6 Å². The molecule has 6 rings (SSSR count). The molecular formula is C53H65N2O6S+. The van der Waals surface area contributed by atoms with Crippen molar-refractivity contribution < 1.29 is 32.2 Å². The molecule has 1 atom stereocenters. The van der Waals surface area contributed by atoms with Crippen LogP contribution in [0.2, 0.25) is 0 Å². The van der Waals surface area contributed by atoms with Crippen LogP contribution in [-0.4, -0.2) is 59.0 Å². The van der Waals surface area contributed by atoms with E-state index >= 15 is 0 Å². The van der Waals surface area contributed by atoms with Crippen molar-refractivity contribution in [1.82, 2.24) is 0 Å². The van der Waals surface area contributed by atoms with Gasteiger partial charge >= 0.3 is 5.97 Å². The van der Waals surface area contributed by atoms with Crippen molar-refractivity contribution in [1.29, 1.82) is 0 Å². The second kappa shape index (κ2) is 20.8. The number of carbonyl (C=O) groups is 2. The molecule has 0 saturated heterocycles. The van der Waals surface area contributed by atoms with Crippen LogP contribution in [0.5, 0.6) is 0 Å². The SMILES string of the molecule is CC(=O)CCCCC[N+]1=C(C=CC=CC=CC=C2N(CCCCS(=O)(=O)O)c3ccc4ccccc4c3C2(C)CCCCCCCC(=O)O)C(C)(C)c2c1ccc1ccccc21. The van der Waals surface area contributed by atoms with Gasteiger partial charge in [-0.15, -0.1) is 0 Å². The first-order valence-electron chi connectivity index (χ1n) is 22.6. The quantitative estimate of drug-likeness (QED) is 0.0330. The molecule has 62 heavy (non-hydrogen) atoms. The summed E-state index contributed by atoms with van der Waals surface area (Å²) in [5, 5.41) is 14.0. The van der Waals surface area contributed by atoms with E-state index in [0.29, 0.717) is 32.2 Å². The van der Waals surface area contributed by atoms with Gasteiger partial charge in [0.2, 0.25) is 5.69 Å². The van der Waals surface area contributed by atoms with Crippen molar-refractivity contribution >= 4 is 60.5 Å². The Morgan fingerprint density at radius 2 is 1.31 bits per heavy atom. The molecule has 0 aliphatic carbocycles. The van der Waals surface area contributed by atoms with Crippen molar-refractivity contribution in [2.45, 2.75) is 122 Å². The minimum Gasteiger partial charge on any atom is -0.481 e. The number of ketones is 1. The average Bonchev–Trinajstić information content (AvgIpc) is 3.60. The van der Waals surface area contributed by atoms with E-state index in [0.717, 1.165) is 69.3 Å². The number of nitrogens with zero attached hydrogens (tertiary/aromatic N) is 2. The van der Waals surface area contributed by atoms with Gasteiger partial charge in [0.1, 0.15) is 12.3 Å². The Bertz CT molecular complexity index is 2530. The van der Waals surface area contributed by atoms with E-state index in [2.05, 4.69) is 146 Å². The topological polar surface area (TPSA) is 115 Å². The maximum atomic E-state index is 11.6. The number of hydrogen-bond donors (Lipinski definition) is 2. The van der Waals surface area contributed by atoms with Crippen LogP contribution < -0.4 is 4.90 Å². The summed E-state index contributed by atoms with van der Waals surface area (Å²) in [6.45, 7) is 10.1. The van der Waals surface area contributed by atoms with Gasteiger partial charge in [0.15, 0.2) is 5.71 Å². The third-order valence-corrected chi connectivity index (χ3v) is 13.6. The molecule has 2 aliphatic rings. The van der Waals surface area contributed by atoms with Crippen LogP contribution in [0.15, 0.2) is 121 Å². The highest BCUT2D eigenvalue weighted by atomic mass is 32.2. The fourth-order valence-electron chi connectivity index (χ4n) is 9.81. The summed E-state index contributed by atoms with van der Waals surface area (Å²) in [7, 11) is -4.05. The molecule has 0 radical (unpaired) electrons. The molecule has 4 aromatic rings. The minimum atomic E-state index is -4.05. The number of fused-ring (bicyclic) bond motifs is 6. The zero-order valence-corrected chi connectivity index (χ0v) is 37.9. The van der Waals surface area contributed by atoms with E-state index in [1.54, 1.807) is 6.92 Å². The monoisotopic (exact) mass is 857 g/mol. The van der Waals surface area contributed by atoms with Crippen LogP contribution >= 0.6 is 0 Å². The van der Waals surface area contributed by atoms with Gasteiger partial charge in [0, 0.05) is 60.3 Å². The maximum Gasteiger partial charge on any atom is 0.303 e. The van der Waals surface area contributed by atoms with E-state index < -0.39 is 16.1 Å². The van der Waals surface area contributed by atoms with Crippen LogP contribution in [0.1, 0.15) is 122 Å². The lowest BCUT2D eigenvalue weighted by Gasteiger charge is -2.31. The Labute approximate surface area is 369 Å². The fourth-order valence-corrected chi connectivity index (χ4v) is 10.4. The molecule has 0 aromatic heterocycles. The molecule has 0 fully saturated rings. The largest absolute Gasteiger partial charge is 0.481 e. The Kier molecular flexibility index (Phi) is 15.6. The third kappa shape index (κ3) is 11.1. The Morgan fingerprint density at radius 1 is 0.694 bits per heavy atom. The molecule has 2 aliphatic heterocycles. The normalized spacial score (nSPS) is 18.1. The third-order valence-electron chi connectivity index (χ3n) is 12.8. The van der Waals surface area contributed by atoms with E-state index in [4.69, 9.17) is 5.11 Å². The summed E-state index contributed by atoms with van der Waals surface area (Å²) in [4.78, 5) is 25.0. The predicted octanol–water partition coefficient (Wildman–Crippen LogP) is 12.3. The number of carboxylic acid groups (broad SMARTS) is 1. The van der Waals surface area contributed by atoms with Crippen LogP contribution in [0.25, 0.3) is 21.5 Å². The summed E-state index contributed by atoms with van der Waals surface area (Å²) < 4.78 is 35.1. The van der Waals surface area contributed by atoms with Gasteiger partial charge in [0.25, 0.3) is 10.1 Å². The van der Waals surface area contributed by atoms with E-state index in [1.165, 1.54) is 44.1 Å². The standard InChI is InChI=1S/C53H64N2O6S/c1-40(56)24-12-11-21-37-54-45-34-32-41-25-16-18-27-43(41)50(45)52(2,3)47(54)29-13-7-5-8-14-30-48-53(4,36-20-10-6-9-15-31-49(57)58)51-44-28-19-17-26-42(44)33-35-46(51)55(48)38-22-23-39-62(59,60)61/h5,7-8,13-14,16-19,25-30,32-35H,6,9-12,15,20-24,31,36-39H2,1-4H3,(H-,57,58,59,60,61)/p+1. The number of hydrogen-bond acceptors (Lipinski definition) is 5. The average molecular weight is 858 g/mol. The lowest BCUT2D eigenvalue weighted by Crippen LogP contribution is -2.29. The second-order valence-electron chi connectivity index (χ2n) is 17.9. The molecule has 0 bridgehead atoms. The number of aliphatic carboxylic acids is 1. The molecular weight excluding hydrogens is 793 g/mol. The highest BCUT2D eigenvalue weighted by Crippen LogP contribution is 2.53. The molecule has 9 heteroatoms. The van der Waals surface area contributed by atoms with Crippen molar-refractivity contribution in [3.05, 3.63) is 132 Å². The first kappa shape index (κ1) is 46.4. The van der Waals surface area contributed by atoms with Gasteiger partial charge in [0.05, 0.1) is 11.2 Å². The summed E-state index contributed by atoms with van der Waals surface area (Å²) in [6, 6.07) is 26.0. The first-order valence-corrected chi connectivity index (χ1v) is 24.2. The van der Waals surface area contributed by atoms with Crippen molar-refractivity contribution in [3.63, 3.8) is 0 Å². The molecule has 8 nitrogen and oxygen atoms in total. The van der Waals surface area contributed by atoms with Crippen LogP contribution in [0, 0.1) is 0 Å². The van der Waals surface area contributed by atoms with E-state index in [1.807, 2.05) is 0 Å². The van der Waals surface area contributed by atoms with Crippen LogP contribution in [-0.2, 0) is 30.5 Å². The van der Waals surface area contributed by atoms with Crippen molar-refractivity contribution in [2.75, 3.05) is 23.7 Å². The Hall–Kier alpha value is -5.12. The minimum absolute atomic E-state index is 0.207. The smallest absolute Gasteiger partial charge is 0.303 e. The predicted molar refractivity (Wildman–Crippen MR) is 256 cm³/mol. The summed E-state index contributed by atoms with van der Waals surface area (Å²) >= 11 is 0. The number of benzene rings is 4. The van der Waals surface area contributed by atoms with E-state index in [-0.39, 0.29) is 28.8 Å². The summed E-state index contributed by atoms with van der Waals surface area (Å²) in [5.41, 5.74) is 6.89. The molecule has 1 unspecified atom stereocenters. The zero-order chi connectivity index (χ0) is 44.3. The molecule has 0 saturated carbocycles. The molecule has 2 N–H and O–H groups in total.